The summed E-state index contributed by atoms with van der Waals surface area (Å²) in [5, 5.41) is 0.399. The van der Waals surface area contributed by atoms with Crippen molar-refractivity contribution in [1.29, 1.82) is 0 Å². The van der Waals surface area contributed by atoms with Gasteiger partial charge in [0.2, 0.25) is 0 Å². The van der Waals surface area contributed by atoms with Crippen molar-refractivity contribution in [3.05, 3.63) is 83.8 Å². The largest absolute Gasteiger partial charge is 0.493 e. The number of nitrogens with two attached hydrogens (primary N) is 1. The van der Waals surface area contributed by atoms with E-state index in [2.05, 4.69) is 15.2 Å². The Kier molecular flexibility index (Phi) is 10.6. The van der Waals surface area contributed by atoms with Crippen LogP contribution in [0.2, 0.25) is 0 Å². The normalized spacial score (nSPS) is 12.6. The topological polar surface area (TPSA) is 121 Å². The molecule has 1 aromatic heterocycles. The second-order valence-electron chi connectivity index (χ2n) is 9.02. The summed E-state index contributed by atoms with van der Waals surface area (Å²) in [6, 6.07) is 13.2. The molecule has 1 radical (unpaired) electrons. The molecule has 43 heavy (non-hydrogen) atoms. The van der Waals surface area contributed by atoms with Crippen LogP contribution in [0.4, 0.5) is 24.7 Å². The van der Waals surface area contributed by atoms with Gasteiger partial charge in [-0.15, -0.1) is 0 Å². The summed E-state index contributed by atoms with van der Waals surface area (Å²) in [7, 11) is 1.000. The number of ether oxygens (including phenoxy) is 3. The van der Waals surface area contributed by atoms with Gasteiger partial charge >= 0.3 is 10.5 Å². The molecule has 1 atom stereocenters. The van der Waals surface area contributed by atoms with Crippen LogP contribution in [0.1, 0.15) is 12.0 Å². The Morgan fingerprint density at radius 3 is 2.30 bits per heavy atom. The van der Waals surface area contributed by atoms with Gasteiger partial charge in [-0.1, -0.05) is 11.8 Å². The quantitative estimate of drug-likeness (QED) is 0.0792. The summed E-state index contributed by atoms with van der Waals surface area (Å²) in [5.74, 6) is 3.60. The van der Waals surface area contributed by atoms with Crippen LogP contribution >= 0.6 is 11.8 Å². The second kappa shape index (κ2) is 14.1. The van der Waals surface area contributed by atoms with Gasteiger partial charge in [0.25, 0.3) is 0 Å². The van der Waals surface area contributed by atoms with Gasteiger partial charge in [0, 0.05) is 54.4 Å². The number of hydrogen-bond acceptors (Lipinski definition) is 9. The van der Waals surface area contributed by atoms with E-state index in [-0.39, 0.29) is 30.1 Å². The summed E-state index contributed by atoms with van der Waals surface area (Å²) in [4.78, 5) is 6.34. The van der Waals surface area contributed by atoms with Gasteiger partial charge in [-0.2, -0.15) is 5.90 Å². The lowest BCUT2D eigenvalue weighted by Gasteiger charge is -2.23. The van der Waals surface area contributed by atoms with E-state index in [1.165, 1.54) is 26.4 Å². The van der Waals surface area contributed by atoms with Gasteiger partial charge in [-0.3, -0.25) is 4.57 Å². The number of rotatable bonds is 14. The van der Waals surface area contributed by atoms with E-state index in [1.807, 2.05) is 18.0 Å². The van der Waals surface area contributed by atoms with Crippen LogP contribution in [0.25, 0.3) is 5.69 Å². The number of anilines is 2. The van der Waals surface area contributed by atoms with Crippen molar-refractivity contribution in [2.45, 2.75) is 17.3 Å². The highest BCUT2D eigenvalue weighted by Gasteiger charge is 2.29. The average Bonchev–Trinajstić information content (AvgIpc) is 3.42. The lowest BCUT2D eigenvalue weighted by atomic mass is 10.2. The van der Waals surface area contributed by atoms with E-state index in [1.54, 1.807) is 35.0 Å². The molecule has 4 aromatic rings. The SMILES string of the molecule is COc1ccc(N(C)c2cnc(SCc3c(F)cc(OCCC[S+]([O])(=O)ON)cc3F)n2-c2ccc(F)cc2)cc1OC. The molecule has 0 saturated heterocycles. The number of nitrogens with zero attached hydrogens (tertiary/aromatic N) is 3. The van der Waals surface area contributed by atoms with E-state index >= 15 is 0 Å². The first kappa shape index (κ1) is 32.2. The van der Waals surface area contributed by atoms with Gasteiger partial charge in [-0.05, 0) is 44.9 Å². The zero-order valence-corrected chi connectivity index (χ0v) is 25.1. The first-order chi connectivity index (χ1) is 20.6. The van der Waals surface area contributed by atoms with E-state index in [4.69, 9.17) is 14.2 Å². The number of hydrogen-bond donors (Lipinski definition) is 1. The smallest absolute Gasteiger partial charge is 0.413 e. The molecule has 2 N–H and O–H groups in total. The van der Waals surface area contributed by atoms with Gasteiger partial charge in [0.15, 0.2) is 22.4 Å². The maximum absolute atomic E-state index is 15.0. The van der Waals surface area contributed by atoms with E-state index < -0.39 is 33.7 Å². The van der Waals surface area contributed by atoms with Crippen LogP contribution in [0.15, 0.2) is 66.0 Å². The molecule has 15 heteroatoms. The van der Waals surface area contributed by atoms with Crippen LogP contribution in [-0.4, -0.2) is 43.2 Å². The van der Waals surface area contributed by atoms with Crippen LogP contribution in [0.5, 0.6) is 17.2 Å². The summed E-state index contributed by atoms with van der Waals surface area (Å²) in [5.41, 5.74) is 1.11. The zero-order valence-electron chi connectivity index (χ0n) is 23.4. The van der Waals surface area contributed by atoms with Crippen LogP contribution in [0, 0.1) is 17.5 Å². The minimum atomic E-state index is -3.88. The molecule has 229 valence electrons. The fourth-order valence-corrected chi connectivity index (χ4v) is 5.65. The number of methoxy groups -OCH3 is 2. The fourth-order valence-electron chi connectivity index (χ4n) is 4.08. The van der Waals surface area contributed by atoms with Gasteiger partial charge < -0.3 is 19.1 Å². The molecule has 0 spiro atoms. The number of aromatic nitrogens is 2. The Morgan fingerprint density at radius 2 is 1.67 bits per heavy atom. The summed E-state index contributed by atoms with van der Waals surface area (Å²) in [6.45, 7) is -0.124. The van der Waals surface area contributed by atoms with Crippen molar-refractivity contribution >= 4 is 33.8 Å². The van der Waals surface area contributed by atoms with Crippen LogP contribution in [-0.2, 0) is 29.3 Å². The third-order valence-corrected chi connectivity index (χ3v) is 8.37. The molecule has 1 unspecified atom stereocenters. The molecule has 1 heterocycles. The van der Waals surface area contributed by atoms with Crippen molar-refractivity contribution in [2.24, 2.45) is 5.90 Å². The number of imidazole rings is 1. The summed E-state index contributed by atoms with van der Waals surface area (Å²) in [6.07, 6.45) is 1.61. The Bertz CT molecular complexity index is 1580. The molecule has 0 aliphatic rings. The third kappa shape index (κ3) is 7.80. The molecule has 0 aliphatic carbocycles. The third-order valence-electron chi connectivity index (χ3n) is 6.31. The molecule has 3 aromatic carbocycles. The molecular formula is C28H29F3N4O6S2+. The molecule has 0 saturated carbocycles. The maximum atomic E-state index is 15.0. The molecule has 4 rings (SSSR count). The van der Waals surface area contributed by atoms with E-state index in [0.717, 1.165) is 29.6 Å². The highest BCUT2D eigenvalue weighted by atomic mass is 32.3. The molecule has 10 nitrogen and oxygen atoms in total. The minimum Gasteiger partial charge on any atom is -0.493 e. The molecule has 0 aliphatic heterocycles. The lowest BCUT2D eigenvalue weighted by Crippen LogP contribution is -2.21. The Balaban J connectivity index is 1.57. The molecule has 0 amide bonds. The predicted octanol–water partition coefficient (Wildman–Crippen LogP) is 5.79. The van der Waals surface area contributed by atoms with E-state index in [0.29, 0.717) is 28.2 Å². The lowest BCUT2D eigenvalue weighted by molar-refractivity contribution is 0.255. The molecule has 0 fully saturated rings. The van der Waals surface area contributed by atoms with Gasteiger partial charge in [0.1, 0.15) is 29.0 Å². The Hall–Kier alpha value is -3.76. The highest BCUT2D eigenvalue weighted by Crippen LogP contribution is 2.37. The van der Waals surface area contributed by atoms with E-state index in [9.17, 15) is 21.9 Å². The summed E-state index contributed by atoms with van der Waals surface area (Å²) >= 11 is 1.08. The Labute approximate surface area is 251 Å². The first-order valence-electron chi connectivity index (χ1n) is 12.7. The number of benzene rings is 3. The van der Waals surface area contributed by atoms with Crippen LogP contribution < -0.4 is 25.0 Å². The predicted molar refractivity (Wildman–Crippen MR) is 156 cm³/mol. The van der Waals surface area contributed by atoms with Crippen molar-refractivity contribution < 1.29 is 40.4 Å². The Morgan fingerprint density at radius 1 is 1.00 bits per heavy atom. The second-order valence-corrected chi connectivity index (χ2v) is 11.7. The zero-order chi connectivity index (χ0) is 31.1. The van der Waals surface area contributed by atoms with Crippen LogP contribution in [0.3, 0.4) is 0 Å². The maximum Gasteiger partial charge on any atom is 0.413 e. The van der Waals surface area contributed by atoms with Crippen molar-refractivity contribution in [3.8, 4) is 22.9 Å². The monoisotopic (exact) mass is 638 g/mol. The summed E-state index contributed by atoms with van der Waals surface area (Å²) < 4.78 is 87.9. The molecular weight excluding hydrogens is 609 g/mol. The van der Waals surface area contributed by atoms with Gasteiger partial charge in [0.05, 0.1) is 31.6 Å². The fraction of sp³-hybridized carbons (Fsp3) is 0.250. The van der Waals surface area contributed by atoms with Crippen molar-refractivity contribution in [1.82, 2.24) is 9.55 Å². The molecule has 0 bridgehead atoms. The number of thioether (sulfide) groups is 1. The minimum absolute atomic E-state index is 0.00645. The highest BCUT2D eigenvalue weighted by molar-refractivity contribution is 7.98. The van der Waals surface area contributed by atoms with Crippen molar-refractivity contribution in [3.63, 3.8) is 0 Å². The number of halogens is 3. The first-order valence-corrected chi connectivity index (χ1v) is 15.3. The van der Waals surface area contributed by atoms with Crippen molar-refractivity contribution in [2.75, 3.05) is 38.5 Å². The average molecular weight is 639 g/mol. The van der Waals surface area contributed by atoms with Gasteiger partial charge in [-0.25, -0.2) is 18.2 Å². The standard InChI is InChI=1S/C28H29F3N4O6S2/c1-34(20-9-10-25(38-2)26(13-20)39-3)27-16-33-28(35(27)19-7-5-18(29)6-8-19)42-17-22-23(30)14-21(15-24(22)31)40-11-4-12-43(36,37)41-32/h5-10,13-16H,4,11-12,17,32H2,1-3H3/q+1.